The van der Waals surface area contributed by atoms with Gasteiger partial charge in [0, 0.05) is 5.92 Å². The van der Waals surface area contributed by atoms with Gasteiger partial charge < -0.3 is 0 Å². The van der Waals surface area contributed by atoms with Crippen molar-refractivity contribution < 1.29 is 9.59 Å². The minimum atomic E-state index is -0.184. The first kappa shape index (κ1) is 14.1. The number of amides is 2. The van der Waals surface area contributed by atoms with Gasteiger partial charge in [-0.15, -0.1) is 0 Å². The van der Waals surface area contributed by atoms with E-state index in [-0.39, 0.29) is 23.1 Å². The van der Waals surface area contributed by atoms with Crippen LogP contribution in [0.15, 0.2) is 12.2 Å². The number of fused-ring (bicyclic) bond motifs is 2. The van der Waals surface area contributed by atoms with E-state index < -0.39 is 0 Å². The van der Waals surface area contributed by atoms with Gasteiger partial charge in [-0.2, -0.15) is 0 Å². The Morgan fingerprint density at radius 2 is 1.48 bits per heavy atom. The molecule has 2 N–H and O–H groups in total. The molecule has 3 atom stereocenters. The molecule has 6 aliphatic carbocycles. The average Bonchev–Trinajstić information content (AvgIpc) is 3.14. The number of hydrogen-bond donors (Lipinski definition) is 2. The second kappa shape index (κ2) is 4.84. The van der Waals surface area contributed by atoms with Crippen LogP contribution < -0.4 is 10.9 Å². The van der Waals surface area contributed by atoms with Crippen LogP contribution in [0.25, 0.3) is 0 Å². The van der Waals surface area contributed by atoms with E-state index in [1.165, 1.54) is 19.3 Å². The lowest BCUT2D eigenvalue weighted by Crippen LogP contribution is -2.57. The van der Waals surface area contributed by atoms with Crippen molar-refractivity contribution in [3.63, 3.8) is 0 Å². The summed E-state index contributed by atoms with van der Waals surface area (Å²) in [6.45, 7) is 0. The van der Waals surface area contributed by atoms with Crippen LogP contribution in [0.1, 0.15) is 51.4 Å². The van der Waals surface area contributed by atoms with E-state index in [2.05, 4.69) is 23.0 Å². The zero-order valence-corrected chi connectivity index (χ0v) is 13.6. The number of rotatable bonds is 2. The van der Waals surface area contributed by atoms with Crippen LogP contribution in [-0.2, 0) is 9.59 Å². The molecule has 2 amide bonds. The van der Waals surface area contributed by atoms with Crippen molar-refractivity contribution in [3.05, 3.63) is 12.2 Å². The number of carbonyl (C=O) groups excluding carboxylic acids is 2. The molecule has 6 aliphatic rings. The molecule has 0 spiro atoms. The third-order valence-electron chi connectivity index (χ3n) is 7.43. The molecular weight excluding hydrogens is 288 g/mol. The van der Waals surface area contributed by atoms with E-state index in [1.807, 2.05) is 0 Å². The summed E-state index contributed by atoms with van der Waals surface area (Å²) in [5, 5.41) is 0. The maximum atomic E-state index is 12.8. The Kier molecular flexibility index (Phi) is 2.96. The SMILES string of the molecule is O=C(NNC(=O)C12CC3CC(CC(C3)C1)C2)[C@H]1C[C@@H]2C=C[C@@H]1C2. The summed E-state index contributed by atoms with van der Waals surface area (Å²) in [6, 6.07) is 0. The number of carbonyl (C=O) groups is 2. The van der Waals surface area contributed by atoms with Crippen molar-refractivity contribution in [1.29, 1.82) is 0 Å². The summed E-state index contributed by atoms with van der Waals surface area (Å²) < 4.78 is 0. The quantitative estimate of drug-likeness (QED) is 0.608. The van der Waals surface area contributed by atoms with E-state index >= 15 is 0 Å². The molecule has 0 aromatic rings. The van der Waals surface area contributed by atoms with Gasteiger partial charge in [-0.25, -0.2) is 0 Å². The largest absolute Gasteiger partial charge is 0.273 e. The van der Waals surface area contributed by atoms with Gasteiger partial charge >= 0.3 is 0 Å². The fourth-order valence-corrected chi connectivity index (χ4v) is 6.81. The van der Waals surface area contributed by atoms with Crippen LogP contribution in [0.4, 0.5) is 0 Å². The number of nitrogens with one attached hydrogen (secondary N) is 2. The third-order valence-corrected chi connectivity index (χ3v) is 7.43. The lowest BCUT2D eigenvalue weighted by atomic mass is 9.49. The lowest BCUT2D eigenvalue weighted by molar-refractivity contribution is -0.149. The maximum Gasteiger partial charge on any atom is 0.244 e. The zero-order chi connectivity index (χ0) is 15.6. The normalized spacial score (nSPS) is 48.7. The van der Waals surface area contributed by atoms with E-state index in [1.54, 1.807) is 0 Å². The van der Waals surface area contributed by atoms with Crippen molar-refractivity contribution in [2.45, 2.75) is 51.4 Å². The van der Waals surface area contributed by atoms with Gasteiger partial charge in [0.25, 0.3) is 0 Å². The minimum Gasteiger partial charge on any atom is -0.273 e. The van der Waals surface area contributed by atoms with Crippen molar-refractivity contribution in [2.24, 2.45) is 40.9 Å². The summed E-state index contributed by atoms with van der Waals surface area (Å²) >= 11 is 0. The molecule has 23 heavy (non-hydrogen) atoms. The smallest absolute Gasteiger partial charge is 0.244 e. The van der Waals surface area contributed by atoms with Crippen LogP contribution in [-0.4, -0.2) is 11.8 Å². The minimum absolute atomic E-state index is 0.0138. The Bertz CT molecular complexity index is 547. The molecule has 6 rings (SSSR count). The summed E-state index contributed by atoms with van der Waals surface area (Å²) in [5.41, 5.74) is 5.39. The van der Waals surface area contributed by atoms with Gasteiger partial charge in [-0.1, -0.05) is 12.2 Å². The second-order valence-electron chi connectivity index (χ2n) is 9.03. The molecule has 0 unspecified atom stereocenters. The predicted molar refractivity (Wildman–Crippen MR) is 85.7 cm³/mol. The number of hydrazine groups is 1. The highest BCUT2D eigenvalue weighted by Crippen LogP contribution is 2.60. The van der Waals surface area contributed by atoms with Gasteiger partial charge in [0.2, 0.25) is 11.8 Å². The van der Waals surface area contributed by atoms with Gasteiger partial charge in [-0.05, 0) is 81.0 Å². The molecule has 0 aliphatic heterocycles. The number of allylic oxidation sites excluding steroid dienone is 2. The molecule has 0 aromatic carbocycles. The Morgan fingerprint density at radius 3 is 2.00 bits per heavy atom. The Hall–Kier alpha value is -1.32. The van der Waals surface area contributed by atoms with Gasteiger partial charge in [-0.3, -0.25) is 20.4 Å². The molecule has 4 heteroatoms. The molecule has 0 aromatic heterocycles. The zero-order valence-electron chi connectivity index (χ0n) is 13.6. The Labute approximate surface area is 137 Å². The third kappa shape index (κ3) is 2.17. The summed E-state index contributed by atoms with van der Waals surface area (Å²) in [4.78, 5) is 25.2. The van der Waals surface area contributed by atoms with Gasteiger partial charge in [0.05, 0.1) is 5.41 Å². The monoisotopic (exact) mass is 314 g/mol. The highest BCUT2D eigenvalue weighted by atomic mass is 16.2. The van der Waals surface area contributed by atoms with Crippen LogP contribution in [0, 0.1) is 40.9 Å². The fourth-order valence-electron chi connectivity index (χ4n) is 6.81. The molecule has 124 valence electrons. The molecule has 6 bridgehead atoms. The van der Waals surface area contributed by atoms with Crippen molar-refractivity contribution >= 4 is 11.8 Å². The first-order chi connectivity index (χ1) is 11.1. The Morgan fingerprint density at radius 1 is 0.826 bits per heavy atom. The topological polar surface area (TPSA) is 58.2 Å². The maximum absolute atomic E-state index is 12.8. The molecule has 5 saturated carbocycles. The highest BCUT2D eigenvalue weighted by Gasteiger charge is 2.54. The van der Waals surface area contributed by atoms with Crippen LogP contribution >= 0.6 is 0 Å². The van der Waals surface area contributed by atoms with E-state index in [4.69, 9.17) is 0 Å². The fraction of sp³-hybridized carbons (Fsp3) is 0.789. The van der Waals surface area contributed by atoms with Crippen molar-refractivity contribution in [2.75, 3.05) is 0 Å². The second-order valence-corrected chi connectivity index (χ2v) is 9.03. The highest BCUT2D eigenvalue weighted by molar-refractivity contribution is 5.87. The molecule has 0 heterocycles. The molecule has 0 radical (unpaired) electrons. The summed E-state index contributed by atoms with van der Waals surface area (Å²) in [7, 11) is 0. The number of hydrogen-bond acceptors (Lipinski definition) is 2. The van der Waals surface area contributed by atoms with Crippen molar-refractivity contribution in [1.82, 2.24) is 10.9 Å². The van der Waals surface area contributed by atoms with Crippen LogP contribution in [0.3, 0.4) is 0 Å². The summed E-state index contributed by atoms with van der Waals surface area (Å²) in [6.07, 6.45) is 13.6. The Balaban J connectivity index is 1.22. The standard InChI is InChI=1S/C19H26N2O2/c22-17(16-7-11-1-2-15(16)6-11)20-21-18(23)19-8-12-3-13(9-19)5-14(4-12)10-19/h1-2,11-16H,3-10H2,(H,20,22)(H,21,23)/t11-,12?,13?,14?,15-,16+,19?/m1/s1. The average molecular weight is 314 g/mol. The van der Waals surface area contributed by atoms with Crippen molar-refractivity contribution in [3.8, 4) is 0 Å². The lowest BCUT2D eigenvalue weighted by Gasteiger charge is -2.55. The molecular formula is C19H26N2O2. The van der Waals surface area contributed by atoms with E-state index in [9.17, 15) is 9.59 Å². The first-order valence-corrected chi connectivity index (χ1v) is 9.40. The van der Waals surface area contributed by atoms with Crippen LogP contribution in [0.5, 0.6) is 0 Å². The molecule has 0 saturated heterocycles. The first-order valence-electron chi connectivity index (χ1n) is 9.40. The summed E-state index contributed by atoms with van der Waals surface area (Å²) in [5.74, 6) is 3.37. The van der Waals surface area contributed by atoms with E-state index in [0.717, 1.165) is 49.9 Å². The van der Waals surface area contributed by atoms with Gasteiger partial charge in [0.1, 0.15) is 0 Å². The van der Waals surface area contributed by atoms with E-state index in [0.29, 0.717) is 11.8 Å². The van der Waals surface area contributed by atoms with Gasteiger partial charge in [0.15, 0.2) is 0 Å². The van der Waals surface area contributed by atoms with Crippen LogP contribution in [0.2, 0.25) is 0 Å². The predicted octanol–water partition coefficient (Wildman–Crippen LogP) is 2.56. The molecule has 5 fully saturated rings. The molecule has 4 nitrogen and oxygen atoms in total.